The molecule has 11 aromatic rings. The van der Waals surface area contributed by atoms with Gasteiger partial charge in [-0.1, -0.05) is 91.0 Å². The summed E-state index contributed by atoms with van der Waals surface area (Å²) < 4.78 is 9.12. The zero-order valence-electron chi connectivity index (χ0n) is 26.6. The third-order valence-corrected chi connectivity index (χ3v) is 10.2. The molecular formula is C43H28N6. The van der Waals surface area contributed by atoms with Crippen LogP contribution in [0.5, 0.6) is 0 Å². The van der Waals surface area contributed by atoms with E-state index in [1.54, 1.807) is 0 Å². The van der Waals surface area contributed by atoms with Gasteiger partial charge in [-0.2, -0.15) is 0 Å². The van der Waals surface area contributed by atoms with Gasteiger partial charge in [0.25, 0.3) is 0 Å². The minimum absolute atomic E-state index is 0.870. The van der Waals surface area contributed by atoms with Crippen molar-refractivity contribution in [1.29, 1.82) is 0 Å². The van der Waals surface area contributed by atoms with E-state index in [9.17, 15) is 0 Å². The molecule has 0 unspecified atom stereocenters. The van der Waals surface area contributed by atoms with Crippen LogP contribution in [0.4, 0.5) is 0 Å². The molecular weight excluding hydrogens is 601 g/mol. The van der Waals surface area contributed by atoms with Gasteiger partial charge in [-0.15, -0.1) is 0 Å². The maximum Gasteiger partial charge on any atom is 0.140 e. The van der Waals surface area contributed by atoms with Gasteiger partial charge in [0.15, 0.2) is 0 Å². The van der Waals surface area contributed by atoms with E-state index in [0.29, 0.717) is 0 Å². The molecule has 0 atom stereocenters. The van der Waals surface area contributed by atoms with Gasteiger partial charge in [0.05, 0.1) is 50.5 Å². The number of fused-ring (bicyclic) bond motifs is 11. The fourth-order valence-electron chi connectivity index (χ4n) is 8.10. The van der Waals surface area contributed by atoms with Crippen LogP contribution in [0, 0.1) is 0 Å². The molecule has 0 amide bonds. The number of pyridine rings is 1. The van der Waals surface area contributed by atoms with Gasteiger partial charge in [-0.3, -0.25) is 9.13 Å². The van der Waals surface area contributed by atoms with Crippen LogP contribution in [0.25, 0.3) is 93.8 Å². The molecule has 5 heterocycles. The fraction of sp³-hybridized carbons (Fsp3) is 0.0233. The van der Waals surface area contributed by atoms with E-state index in [-0.39, 0.29) is 0 Å². The van der Waals surface area contributed by atoms with Crippen LogP contribution in [0.1, 0.15) is 0 Å². The van der Waals surface area contributed by atoms with E-state index in [4.69, 9.17) is 9.97 Å². The molecule has 0 fully saturated rings. The Morgan fingerprint density at radius 1 is 0.408 bits per heavy atom. The first-order valence-electron chi connectivity index (χ1n) is 16.6. The van der Waals surface area contributed by atoms with E-state index in [1.165, 1.54) is 32.3 Å². The molecule has 0 saturated heterocycles. The lowest BCUT2D eigenvalue weighted by Crippen LogP contribution is -2.04. The van der Waals surface area contributed by atoms with Crippen molar-refractivity contribution in [3.63, 3.8) is 0 Å². The van der Waals surface area contributed by atoms with Crippen LogP contribution in [0.2, 0.25) is 0 Å². The van der Waals surface area contributed by atoms with E-state index in [1.807, 2.05) is 13.4 Å². The first-order chi connectivity index (χ1) is 24.2. The number of aromatic nitrogens is 6. The Kier molecular flexibility index (Phi) is 5.22. The number of imidazole rings is 1. The molecule has 0 aliphatic rings. The number of aryl methyl sites for hydroxylation is 1. The average molecular weight is 629 g/mol. The Labute approximate surface area is 280 Å². The zero-order valence-corrected chi connectivity index (χ0v) is 26.6. The van der Waals surface area contributed by atoms with Gasteiger partial charge in [0.2, 0.25) is 0 Å². The van der Waals surface area contributed by atoms with Gasteiger partial charge >= 0.3 is 0 Å². The Morgan fingerprint density at radius 2 is 0.898 bits per heavy atom. The highest BCUT2D eigenvalue weighted by Gasteiger charge is 2.22. The minimum atomic E-state index is 0.870. The number of hydrogen-bond acceptors (Lipinski definition) is 2. The maximum atomic E-state index is 5.47. The van der Waals surface area contributed by atoms with Crippen molar-refractivity contribution in [2.24, 2.45) is 7.05 Å². The van der Waals surface area contributed by atoms with Crippen LogP contribution in [-0.4, -0.2) is 28.2 Å². The van der Waals surface area contributed by atoms with Crippen molar-refractivity contribution in [2.75, 3.05) is 0 Å². The van der Waals surface area contributed by atoms with E-state index in [2.05, 4.69) is 164 Å². The average Bonchev–Trinajstić information content (AvgIpc) is 3.89. The number of para-hydroxylation sites is 4. The van der Waals surface area contributed by atoms with Crippen LogP contribution >= 0.6 is 0 Å². The fourth-order valence-corrected chi connectivity index (χ4v) is 8.10. The normalized spacial score (nSPS) is 12.2. The maximum absolute atomic E-state index is 5.47. The van der Waals surface area contributed by atoms with E-state index in [0.717, 1.165) is 61.5 Å². The lowest BCUT2D eigenvalue weighted by atomic mass is 10.1. The highest BCUT2D eigenvalue weighted by Crippen LogP contribution is 2.42. The van der Waals surface area contributed by atoms with Gasteiger partial charge in [-0.25, -0.2) is 9.97 Å². The molecule has 6 aromatic carbocycles. The summed E-state index contributed by atoms with van der Waals surface area (Å²) in [5, 5.41) is 7.24. The molecule has 0 spiro atoms. The Morgan fingerprint density at radius 3 is 1.51 bits per heavy atom. The monoisotopic (exact) mass is 628 g/mol. The molecule has 49 heavy (non-hydrogen) atoms. The Hall–Kier alpha value is -6.66. The predicted molar refractivity (Wildman–Crippen MR) is 202 cm³/mol. The van der Waals surface area contributed by atoms with Crippen LogP contribution in [0.15, 0.2) is 152 Å². The lowest BCUT2D eigenvalue weighted by Gasteiger charge is -2.14. The molecule has 0 radical (unpaired) electrons. The van der Waals surface area contributed by atoms with Crippen molar-refractivity contribution in [2.45, 2.75) is 0 Å². The topological polar surface area (TPSA) is 45.5 Å². The summed E-state index contributed by atoms with van der Waals surface area (Å²) >= 11 is 0. The molecule has 0 aliphatic carbocycles. The van der Waals surface area contributed by atoms with Crippen molar-refractivity contribution in [3.8, 4) is 17.3 Å². The SMILES string of the molecule is Cn1cnc2cc(-n3c4ccccc4c4ccc5c6ccccc6n(-c6cccc(-n7c8ccccc8c8ccccc87)n6)c5c43)ccc21. The minimum Gasteiger partial charge on any atom is -0.334 e. The number of nitrogens with zero attached hydrogens (tertiary/aromatic N) is 6. The smallest absolute Gasteiger partial charge is 0.140 e. The van der Waals surface area contributed by atoms with E-state index >= 15 is 0 Å². The van der Waals surface area contributed by atoms with Crippen LogP contribution in [0.3, 0.4) is 0 Å². The summed E-state index contributed by atoms with van der Waals surface area (Å²) in [7, 11) is 2.04. The second kappa shape index (κ2) is 9.69. The predicted octanol–water partition coefficient (Wildman–Crippen LogP) is 10.3. The standard InChI is InChI=1S/C43H28N6/c1-46-26-44-34-25-27(21-24-39(34)46)47-35-15-6-4-13-30(35)32-22-23-33-31-14-5-9-18-38(31)49(43(33)42(32)47)41-20-10-19-40(45-41)48-36-16-7-2-11-28(36)29-12-3-8-17-37(29)48/h2-26H,1H3. The summed E-state index contributed by atoms with van der Waals surface area (Å²) in [6.07, 6.45) is 1.88. The first kappa shape index (κ1) is 26.4. The molecule has 0 aliphatic heterocycles. The third-order valence-electron chi connectivity index (χ3n) is 10.2. The van der Waals surface area contributed by atoms with Crippen molar-refractivity contribution >= 4 is 76.5 Å². The van der Waals surface area contributed by atoms with Gasteiger partial charge in [0.1, 0.15) is 11.6 Å². The second-order valence-corrected chi connectivity index (χ2v) is 12.8. The molecule has 5 aromatic heterocycles. The molecule has 0 bridgehead atoms. The quantitative estimate of drug-likeness (QED) is 0.195. The zero-order chi connectivity index (χ0) is 32.2. The van der Waals surface area contributed by atoms with Gasteiger partial charge < -0.3 is 9.13 Å². The summed E-state index contributed by atoms with van der Waals surface area (Å²) in [5.41, 5.74) is 9.99. The molecule has 11 rings (SSSR count). The first-order valence-corrected chi connectivity index (χ1v) is 16.6. The molecule has 0 saturated carbocycles. The number of rotatable bonds is 3. The largest absolute Gasteiger partial charge is 0.334 e. The lowest BCUT2D eigenvalue weighted by molar-refractivity contribution is 0.947. The molecule has 6 nitrogen and oxygen atoms in total. The summed E-state index contributed by atoms with van der Waals surface area (Å²) in [5.74, 6) is 1.75. The van der Waals surface area contributed by atoms with Crippen molar-refractivity contribution in [3.05, 3.63) is 152 Å². The highest BCUT2D eigenvalue weighted by molar-refractivity contribution is 6.23. The molecule has 6 heteroatoms. The summed E-state index contributed by atoms with van der Waals surface area (Å²) in [6, 6.07) is 52.1. The Bertz CT molecular complexity index is 3080. The van der Waals surface area contributed by atoms with E-state index < -0.39 is 0 Å². The summed E-state index contributed by atoms with van der Waals surface area (Å²) in [4.78, 5) is 10.2. The van der Waals surface area contributed by atoms with Crippen molar-refractivity contribution in [1.82, 2.24) is 28.2 Å². The summed E-state index contributed by atoms with van der Waals surface area (Å²) in [6.45, 7) is 0. The van der Waals surface area contributed by atoms with Crippen LogP contribution in [-0.2, 0) is 7.05 Å². The third kappa shape index (κ3) is 3.55. The number of benzene rings is 6. The van der Waals surface area contributed by atoms with Gasteiger partial charge in [0, 0.05) is 45.1 Å². The molecule has 0 N–H and O–H groups in total. The Balaban J connectivity index is 1.28. The van der Waals surface area contributed by atoms with Gasteiger partial charge in [-0.05, 0) is 54.6 Å². The highest BCUT2D eigenvalue weighted by atomic mass is 15.1. The van der Waals surface area contributed by atoms with Crippen molar-refractivity contribution < 1.29 is 0 Å². The molecule has 230 valence electrons. The van der Waals surface area contributed by atoms with Crippen LogP contribution < -0.4 is 0 Å². The number of hydrogen-bond donors (Lipinski definition) is 0. The second-order valence-electron chi connectivity index (χ2n) is 12.8.